The predicted molar refractivity (Wildman–Crippen MR) is 149 cm³/mol. The standard InChI is InChI=1S/C30H55O2P/c1-3-5-7-9-11-13-15-17-19-21-24-28-25-23-27-30(32-33-31)29(28)26-22-20-18-16-14-12-10-8-6-4-2/h23,25,27,31,33H,3-22,24,26H2,1-2H3. The molecule has 192 valence electrons. The fraction of sp³-hybridized carbons (Fsp3) is 0.800. The van der Waals surface area contributed by atoms with Crippen LogP contribution in [0.5, 0.6) is 5.75 Å². The smallest absolute Gasteiger partial charge is 0.212 e. The Morgan fingerprint density at radius 1 is 0.576 bits per heavy atom. The number of aryl methyl sites for hydroxylation is 1. The summed E-state index contributed by atoms with van der Waals surface area (Å²) in [5, 5.41) is 0. The number of unbranched alkanes of at least 4 members (excludes halogenated alkanes) is 18. The van der Waals surface area contributed by atoms with Crippen molar-refractivity contribution in [2.45, 2.75) is 155 Å². The molecule has 1 aromatic rings. The van der Waals surface area contributed by atoms with Crippen molar-refractivity contribution in [1.29, 1.82) is 0 Å². The van der Waals surface area contributed by atoms with Crippen molar-refractivity contribution in [3.05, 3.63) is 29.3 Å². The fourth-order valence-electron chi connectivity index (χ4n) is 4.87. The first-order valence-electron chi connectivity index (χ1n) is 14.5. The average Bonchev–Trinajstić information content (AvgIpc) is 2.83. The van der Waals surface area contributed by atoms with E-state index in [1.165, 1.54) is 140 Å². The van der Waals surface area contributed by atoms with E-state index in [9.17, 15) is 4.89 Å². The first kappa shape index (κ1) is 30.4. The van der Waals surface area contributed by atoms with Crippen LogP contribution in [0.4, 0.5) is 0 Å². The van der Waals surface area contributed by atoms with Crippen molar-refractivity contribution in [3.8, 4) is 5.75 Å². The Balaban J connectivity index is 2.26. The molecule has 0 saturated carbocycles. The SMILES string of the molecule is CCCCCCCCCCCCc1cccc(OPO)c1CCCCCCCCCCCC. The Bertz CT molecular complexity index is 546. The summed E-state index contributed by atoms with van der Waals surface area (Å²) in [4.78, 5) is 9.35. The Hall–Kier alpha value is -0.590. The molecule has 0 fully saturated rings. The maximum absolute atomic E-state index is 9.35. The number of hydrogen-bond donors (Lipinski definition) is 1. The zero-order valence-electron chi connectivity index (χ0n) is 22.1. The minimum atomic E-state index is -0.466. The Kier molecular flexibility index (Phi) is 21.4. The van der Waals surface area contributed by atoms with Crippen LogP contribution in [0, 0.1) is 0 Å². The summed E-state index contributed by atoms with van der Waals surface area (Å²) in [7, 11) is -0.466. The van der Waals surface area contributed by atoms with Gasteiger partial charge >= 0.3 is 0 Å². The Labute approximate surface area is 208 Å². The number of rotatable bonds is 24. The van der Waals surface area contributed by atoms with Crippen molar-refractivity contribution in [1.82, 2.24) is 0 Å². The lowest BCUT2D eigenvalue weighted by Crippen LogP contribution is -1.98. The lowest BCUT2D eigenvalue weighted by atomic mass is 9.95. The quantitative estimate of drug-likeness (QED) is 0.118. The van der Waals surface area contributed by atoms with Crippen LogP contribution < -0.4 is 4.52 Å². The molecule has 0 aliphatic heterocycles. The van der Waals surface area contributed by atoms with Gasteiger partial charge in [0.25, 0.3) is 0 Å². The molecule has 0 aliphatic carbocycles. The molecular weight excluding hydrogens is 423 g/mol. The van der Waals surface area contributed by atoms with Crippen molar-refractivity contribution in [2.75, 3.05) is 0 Å². The minimum absolute atomic E-state index is 0.466. The molecule has 1 N–H and O–H groups in total. The molecule has 0 bridgehead atoms. The second-order valence-corrected chi connectivity index (χ2v) is 10.3. The van der Waals surface area contributed by atoms with Gasteiger partial charge in [-0.25, -0.2) is 0 Å². The fourth-order valence-corrected chi connectivity index (χ4v) is 5.16. The summed E-state index contributed by atoms with van der Waals surface area (Å²) in [6, 6.07) is 6.42. The largest absolute Gasteiger partial charge is 0.450 e. The summed E-state index contributed by atoms with van der Waals surface area (Å²) < 4.78 is 5.60. The third-order valence-corrected chi connectivity index (χ3v) is 7.28. The average molecular weight is 479 g/mol. The lowest BCUT2D eigenvalue weighted by molar-refractivity contribution is 0.506. The third kappa shape index (κ3) is 16.6. The minimum Gasteiger partial charge on any atom is -0.450 e. The third-order valence-electron chi connectivity index (χ3n) is 6.97. The number of benzene rings is 1. The van der Waals surface area contributed by atoms with E-state index in [0.29, 0.717) is 0 Å². The van der Waals surface area contributed by atoms with E-state index >= 15 is 0 Å². The van der Waals surface area contributed by atoms with Gasteiger partial charge in [-0.3, -0.25) is 0 Å². The molecule has 33 heavy (non-hydrogen) atoms. The van der Waals surface area contributed by atoms with Gasteiger partial charge in [-0.15, -0.1) is 0 Å². The van der Waals surface area contributed by atoms with E-state index in [-0.39, 0.29) is 0 Å². The summed E-state index contributed by atoms with van der Waals surface area (Å²) in [6.45, 7) is 4.57. The van der Waals surface area contributed by atoms with Gasteiger partial charge in [0.15, 0.2) is 0 Å². The molecule has 0 aromatic heterocycles. The molecule has 1 atom stereocenters. The lowest BCUT2D eigenvalue weighted by Gasteiger charge is -2.14. The highest BCUT2D eigenvalue weighted by atomic mass is 31.1. The van der Waals surface area contributed by atoms with Crippen molar-refractivity contribution < 1.29 is 9.42 Å². The van der Waals surface area contributed by atoms with Gasteiger partial charge in [0, 0.05) is 0 Å². The summed E-state index contributed by atoms with van der Waals surface area (Å²) in [5.41, 5.74) is 2.80. The van der Waals surface area contributed by atoms with Gasteiger partial charge in [-0.2, -0.15) is 0 Å². The van der Waals surface area contributed by atoms with E-state index in [2.05, 4.69) is 26.0 Å². The Morgan fingerprint density at radius 3 is 1.45 bits per heavy atom. The zero-order valence-corrected chi connectivity index (χ0v) is 23.1. The second-order valence-electron chi connectivity index (χ2n) is 9.95. The molecule has 0 radical (unpaired) electrons. The predicted octanol–water partition coefficient (Wildman–Crippen LogP) is 10.5. The molecule has 1 unspecified atom stereocenters. The topological polar surface area (TPSA) is 29.5 Å². The first-order chi connectivity index (χ1) is 16.3. The highest BCUT2D eigenvalue weighted by Crippen LogP contribution is 2.29. The van der Waals surface area contributed by atoms with Gasteiger partial charge < -0.3 is 9.42 Å². The van der Waals surface area contributed by atoms with Crippen LogP contribution >= 0.6 is 9.03 Å². The van der Waals surface area contributed by atoms with Gasteiger partial charge in [0.2, 0.25) is 9.03 Å². The van der Waals surface area contributed by atoms with E-state index in [0.717, 1.165) is 18.6 Å². The maximum Gasteiger partial charge on any atom is 0.212 e. The molecule has 0 heterocycles. The van der Waals surface area contributed by atoms with Gasteiger partial charge in [-0.1, -0.05) is 142 Å². The first-order valence-corrected chi connectivity index (χ1v) is 15.4. The van der Waals surface area contributed by atoms with E-state index in [1.54, 1.807) is 0 Å². The van der Waals surface area contributed by atoms with Crippen molar-refractivity contribution in [2.24, 2.45) is 0 Å². The van der Waals surface area contributed by atoms with Crippen molar-refractivity contribution in [3.63, 3.8) is 0 Å². The molecule has 3 heteroatoms. The van der Waals surface area contributed by atoms with Crippen LogP contribution in [0.3, 0.4) is 0 Å². The molecule has 0 aliphatic rings. The van der Waals surface area contributed by atoms with Crippen LogP contribution in [-0.2, 0) is 12.8 Å². The molecular formula is C30H55O2P. The normalized spacial score (nSPS) is 11.6. The van der Waals surface area contributed by atoms with E-state index in [4.69, 9.17) is 4.52 Å². The number of hydrogen-bond acceptors (Lipinski definition) is 2. The van der Waals surface area contributed by atoms with Gasteiger partial charge in [0.05, 0.1) is 0 Å². The summed E-state index contributed by atoms with van der Waals surface area (Å²) in [5.74, 6) is 0.913. The van der Waals surface area contributed by atoms with Gasteiger partial charge in [0.1, 0.15) is 5.75 Å². The van der Waals surface area contributed by atoms with Crippen LogP contribution in [0.1, 0.15) is 153 Å². The highest BCUT2D eigenvalue weighted by molar-refractivity contribution is 7.25. The molecule has 0 spiro atoms. The molecule has 1 rings (SSSR count). The molecule has 0 saturated heterocycles. The summed E-state index contributed by atoms with van der Waals surface area (Å²) in [6.07, 6.45) is 29.7. The Morgan fingerprint density at radius 2 is 1.00 bits per heavy atom. The van der Waals surface area contributed by atoms with Crippen LogP contribution in [0.15, 0.2) is 18.2 Å². The highest BCUT2D eigenvalue weighted by Gasteiger charge is 2.10. The maximum atomic E-state index is 9.35. The van der Waals surface area contributed by atoms with E-state index < -0.39 is 9.03 Å². The molecule has 0 amide bonds. The van der Waals surface area contributed by atoms with Crippen molar-refractivity contribution >= 4 is 9.03 Å². The molecule has 2 nitrogen and oxygen atoms in total. The van der Waals surface area contributed by atoms with Crippen LogP contribution in [-0.4, -0.2) is 4.89 Å². The molecule has 1 aromatic carbocycles. The van der Waals surface area contributed by atoms with Gasteiger partial charge in [-0.05, 0) is 42.9 Å². The monoisotopic (exact) mass is 478 g/mol. The van der Waals surface area contributed by atoms with Crippen LogP contribution in [0.25, 0.3) is 0 Å². The zero-order chi connectivity index (χ0) is 23.8. The van der Waals surface area contributed by atoms with Crippen LogP contribution in [0.2, 0.25) is 0 Å². The second kappa shape index (κ2) is 23.2. The summed E-state index contributed by atoms with van der Waals surface area (Å²) >= 11 is 0. The van der Waals surface area contributed by atoms with E-state index in [1.807, 2.05) is 6.07 Å².